The molecule has 2 aromatic heterocycles. The molecule has 0 radical (unpaired) electrons. The highest BCUT2D eigenvalue weighted by molar-refractivity contribution is 6.32. The van der Waals surface area contributed by atoms with Crippen molar-refractivity contribution in [1.29, 1.82) is 0 Å². The summed E-state index contributed by atoms with van der Waals surface area (Å²) in [6.07, 6.45) is 0. The number of aryl methyl sites for hydroxylation is 2. The molecule has 0 aliphatic rings. The van der Waals surface area contributed by atoms with E-state index in [1.54, 1.807) is 36.9 Å². The van der Waals surface area contributed by atoms with Crippen LogP contribution in [0.15, 0.2) is 23.0 Å². The number of rotatable bonds is 4. The van der Waals surface area contributed by atoms with Crippen LogP contribution < -0.4 is 15.6 Å². The number of halogens is 1. The van der Waals surface area contributed by atoms with Crippen molar-refractivity contribution < 1.29 is 9.53 Å². The number of hydrogen-bond donors (Lipinski definition) is 1. The highest BCUT2D eigenvalue weighted by Gasteiger charge is 2.15. The molecule has 0 saturated heterocycles. The first-order valence-electron chi connectivity index (χ1n) is 7.31. The Morgan fingerprint density at radius 2 is 2.12 bits per heavy atom. The van der Waals surface area contributed by atoms with E-state index in [1.165, 1.54) is 7.11 Å². The predicted molar refractivity (Wildman–Crippen MR) is 91.9 cm³/mol. The monoisotopic (exact) mass is 362 g/mol. The number of methoxy groups -OCH3 is 1. The van der Waals surface area contributed by atoms with E-state index in [-0.39, 0.29) is 12.1 Å². The minimum atomic E-state index is -0.475. The lowest BCUT2D eigenvalue weighted by atomic mass is 10.3. The van der Waals surface area contributed by atoms with Gasteiger partial charge in [-0.05, 0) is 25.1 Å². The molecule has 0 aliphatic heterocycles. The minimum absolute atomic E-state index is 0.176. The third-order valence-corrected chi connectivity index (χ3v) is 4.02. The average Bonchev–Trinajstić information content (AvgIpc) is 2.86. The van der Waals surface area contributed by atoms with Crippen molar-refractivity contribution in [3.63, 3.8) is 0 Å². The molecule has 10 heteroatoms. The van der Waals surface area contributed by atoms with E-state index < -0.39 is 11.5 Å². The van der Waals surface area contributed by atoms with Crippen LogP contribution in [0, 0.1) is 6.92 Å². The van der Waals surface area contributed by atoms with Crippen molar-refractivity contribution >= 4 is 34.2 Å². The van der Waals surface area contributed by atoms with E-state index in [0.717, 1.165) is 10.4 Å². The van der Waals surface area contributed by atoms with Crippen molar-refractivity contribution in [3.05, 3.63) is 39.3 Å². The average molecular weight is 363 g/mol. The quantitative estimate of drug-likeness (QED) is 0.746. The molecule has 1 N–H and O–H groups in total. The molecule has 2 heterocycles. The van der Waals surface area contributed by atoms with Crippen molar-refractivity contribution in [2.45, 2.75) is 13.5 Å². The van der Waals surface area contributed by atoms with Crippen LogP contribution in [0.1, 0.15) is 5.69 Å². The largest absolute Gasteiger partial charge is 0.495 e. The van der Waals surface area contributed by atoms with Crippen LogP contribution >= 0.6 is 11.6 Å². The Balaban J connectivity index is 1.81. The maximum atomic E-state index is 12.4. The van der Waals surface area contributed by atoms with Gasteiger partial charge in [0.25, 0.3) is 5.56 Å². The maximum Gasteiger partial charge on any atom is 0.298 e. The number of nitrogens with zero attached hydrogens (tertiary/aromatic N) is 5. The summed E-state index contributed by atoms with van der Waals surface area (Å²) in [6.45, 7) is 1.50. The van der Waals surface area contributed by atoms with Crippen molar-refractivity contribution in [1.82, 2.24) is 24.8 Å². The van der Waals surface area contributed by atoms with Gasteiger partial charge in [-0.25, -0.2) is 0 Å². The van der Waals surface area contributed by atoms with Crippen LogP contribution in [0.3, 0.4) is 0 Å². The van der Waals surface area contributed by atoms with Gasteiger partial charge >= 0.3 is 0 Å². The summed E-state index contributed by atoms with van der Waals surface area (Å²) in [7, 11) is 3.21. The lowest BCUT2D eigenvalue weighted by Crippen LogP contribution is -2.30. The molecule has 1 amide bonds. The molecule has 0 saturated carbocycles. The van der Waals surface area contributed by atoms with Crippen LogP contribution in [-0.4, -0.2) is 37.8 Å². The molecule has 1 aromatic carbocycles. The summed E-state index contributed by atoms with van der Waals surface area (Å²) in [5.41, 5.74) is 1.33. The number of fused-ring (bicyclic) bond motifs is 1. The standard InChI is InChI=1S/C15H15ClN6O3/c1-8-13-14(19-21(8)2)15(24)22(20-18-13)7-12(23)17-9-4-5-11(25-3)10(16)6-9/h4-6H,7H2,1-3H3,(H,17,23). The van der Waals surface area contributed by atoms with Gasteiger partial charge in [0.15, 0.2) is 5.52 Å². The summed E-state index contributed by atoms with van der Waals surface area (Å²) in [4.78, 5) is 24.6. The summed E-state index contributed by atoms with van der Waals surface area (Å²) < 4.78 is 7.57. The van der Waals surface area contributed by atoms with Crippen LogP contribution in [0.5, 0.6) is 5.75 Å². The molecule has 0 spiro atoms. The number of anilines is 1. The van der Waals surface area contributed by atoms with Crippen LogP contribution in [-0.2, 0) is 18.4 Å². The number of carbonyl (C=O) groups is 1. The SMILES string of the molecule is COc1ccc(NC(=O)Cn2nnc3c(C)n(C)nc3c2=O)cc1Cl. The third kappa shape index (κ3) is 3.18. The predicted octanol–water partition coefficient (Wildman–Crippen LogP) is 1.13. The molecule has 3 aromatic rings. The van der Waals surface area contributed by atoms with Gasteiger partial charge in [0.1, 0.15) is 17.8 Å². The summed E-state index contributed by atoms with van der Waals surface area (Å²) >= 11 is 6.02. The second-order valence-corrected chi connectivity index (χ2v) is 5.76. The molecular formula is C15H15ClN6O3. The molecule has 3 rings (SSSR count). The fraction of sp³-hybridized carbons (Fsp3) is 0.267. The first kappa shape index (κ1) is 16.9. The van der Waals surface area contributed by atoms with Crippen molar-refractivity contribution in [3.8, 4) is 5.75 Å². The lowest BCUT2D eigenvalue weighted by molar-refractivity contribution is -0.117. The van der Waals surface area contributed by atoms with Gasteiger partial charge < -0.3 is 10.1 Å². The van der Waals surface area contributed by atoms with E-state index in [4.69, 9.17) is 16.3 Å². The summed E-state index contributed by atoms with van der Waals surface area (Å²) in [6, 6.07) is 4.83. The molecular weight excluding hydrogens is 348 g/mol. The molecule has 9 nitrogen and oxygen atoms in total. The van der Waals surface area contributed by atoms with E-state index in [1.807, 2.05) is 0 Å². The summed E-state index contributed by atoms with van der Waals surface area (Å²) in [5.74, 6) is 0.0577. The number of ether oxygens (including phenoxy) is 1. The zero-order valence-electron chi connectivity index (χ0n) is 13.8. The maximum absolute atomic E-state index is 12.4. The van der Waals surface area contributed by atoms with Gasteiger partial charge in [-0.2, -0.15) is 9.78 Å². The number of benzene rings is 1. The third-order valence-electron chi connectivity index (χ3n) is 3.72. The molecule has 0 bridgehead atoms. The Labute approximate surface area is 147 Å². The second-order valence-electron chi connectivity index (χ2n) is 5.36. The van der Waals surface area contributed by atoms with Gasteiger partial charge in [0.05, 0.1) is 17.8 Å². The number of amides is 1. The second kappa shape index (κ2) is 6.52. The van der Waals surface area contributed by atoms with Gasteiger partial charge in [-0.3, -0.25) is 14.3 Å². The van der Waals surface area contributed by atoms with Gasteiger partial charge in [-0.1, -0.05) is 16.8 Å². The first-order chi connectivity index (χ1) is 11.9. The molecule has 0 aliphatic carbocycles. The molecule has 0 fully saturated rings. The number of nitrogens with one attached hydrogen (secondary N) is 1. The van der Waals surface area contributed by atoms with Crippen LogP contribution in [0.25, 0.3) is 11.0 Å². The number of carbonyl (C=O) groups excluding carboxylic acids is 1. The van der Waals surface area contributed by atoms with E-state index in [0.29, 0.717) is 22.0 Å². The Bertz CT molecular complexity index is 1030. The Hall–Kier alpha value is -2.94. The van der Waals surface area contributed by atoms with Crippen molar-refractivity contribution in [2.75, 3.05) is 12.4 Å². The highest BCUT2D eigenvalue weighted by Crippen LogP contribution is 2.27. The van der Waals surface area contributed by atoms with Crippen LogP contribution in [0.4, 0.5) is 5.69 Å². The lowest BCUT2D eigenvalue weighted by Gasteiger charge is -2.08. The smallest absolute Gasteiger partial charge is 0.298 e. The molecule has 25 heavy (non-hydrogen) atoms. The van der Waals surface area contributed by atoms with Gasteiger partial charge in [0.2, 0.25) is 5.91 Å². The fourth-order valence-corrected chi connectivity index (χ4v) is 2.56. The van der Waals surface area contributed by atoms with Crippen LogP contribution in [0.2, 0.25) is 5.02 Å². The van der Waals surface area contributed by atoms with Gasteiger partial charge in [0, 0.05) is 12.7 Å². The van der Waals surface area contributed by atoms with E-state index in [9.17, 15) is 9.59 Å². The normalized spacial score (nSPS) is 10.9. The van der Waals surface area contributed by atoms with E-state index >= 15 is 0 Å². The van der Waals surface area contributed by atoms with E-state index in [2.05, 4.69) is 20.7 Å². The Morgan fingerprint density at radius 3 is 2.80 bits per heavy atom. The Morgan fingerprint density at radius 1 is 1.36 bits per heavy atom. The van der Waals surface area contributed by atoms with Gasteiger partial charge in [-0.15, -0.1) is 5.10 Å². The Kier molecular flexibility index (Phi) is 4.41. The minimum Gasteiger partial charge on any atom is -0.495 e. The summed E-state index contributed by atoms with van der Waals surface area (Å²) in [5, 5.41) is 14.9. The van der Waals surface area contributed by atoms with Crippen molar-refractivity contribution in [2.24, 2.45) is 7.05 Å². The zero-order chi connectivity index (χ0) is 18.1. The first-order valence-corrected chi connectivity index (χ1v) is 7.69. The molecule has 130 valence electrons. The number of hydrogen-bond acceptors (Lipinski definition) is 6. The molecule has 0 unspecified atom stereocenters. The zero-order valence-corrected chi connectivity index (χ0v) is 14.5. The molecule has 0 atom stereocenters. The fourth-order valence-electron chi connectivity index (χ4n) is 2.31. The number of aromatic nitrogens is 5. The highest BCUT2D eigenvalue weighted by atomic mass is 35.5. The topological polar surface area (TPSA) is 104 Å².